The first-order chi connectivity index (χ1) is 10.5. The highest BCUT2D eigenvalue weighted by Gasteiger charge is 2.15. The predicted molar refractivity (Wildman–Crippen MR) is 88.3 cm³/mol. The number of aryl methyl sites for hydroxylation is 2. The number of aromatic nitrogens is 1. The molecule has 4 heteroatoms. The van der Waals surface area contributed by atoms with E-state index in [-0.39, 0.29) is 11.5 Å². The molecule has 0 saturated heterocycles. The van der Waals surface area contributed by atoms with Crippen LogP contribution in [0.3, 0.4) is 0 Å². The topological polar surface area (TPSA) is 65.1 Å². The van der Waals surface area contributed by atoms with Crippen LogP contribution in [0.15, 0.2) is 53.3 Å². The van der Waals surface area contributed by atoms with Gasteiger partial charge < -0.3 is 5.73 Å². The third kappa shape index (κ3) is 2.29. The van der Waals surface area contributed by atoms with Crippen molar-refractivity contribution >= 4 is 22.5 Å². The minimum absolute atomic E-state index is 0.316. The van der Waals surface area contributed by atoms with Crippen LogP contribution in [0.2, 0.25) is 0 Å². The fourth-order valence-electron chi connectivity index (χ4n) is 2.48. The van der Waals surface area contributed by atoms with Crippen molar-refractivity contribution in [1.82, 2.24) is 4.57 Å². The van der Waals surface area contributed by atoms with Gasteiger partial charge in [-0.3, -0.25) is 9.59 Å². The monoisotopic (exact) mass is 292 g/mol. The van der Waals surface area contributed by atoms with Crippen LogP contribution in [0.5, 0.6) is 0 Å². The molecule has 0 unspecified atom stereocenters. The molecule has 0 aliphatic heterocycles. The summed E-state index contributed by atoms with van der Waals surface area (Å²) >= 11 is 0. The van der Waals surface area contributed by atoms with Crippen molar-refractivity contribution in [3.63, 3.8) is 0 Å². The van der Waals surface area contributed by atoms with Crippen LogP contribution in [-0.2, 0) is 0 Å². The largest absolute Gasteiger partial charge is 0.399 e. The van der Waals surface area contributed by atoms with Crippen molar-refractivity contribution in [2.75, 3.05) is 5.73 Å². The lowest BCUT2D eigenvalue weighted by Gasteiger charge is -2.11. The van der Waals surface area contributed by atoms with Crippen LogP contribution in [-0.4, -0.2) is 10.5 Å². The molecular weight excluding hydrogens is 276 g/mol. The molecule has 22 heavy (non-hydrogen) atoms. The van der Waals surface area contributed by atoms with Crippen LogP contribution in [0.4, 0.5) is 5.69 Å². The highest BCUT2D eigenvalue weighted by atomic mass is 16.2. The first-order valence-electron chi connectivity index (χ1n) is 7.00. The number of hydrogen-bond acceptors (Lipinski definition) is 3. The second-order valence-electron chi connectivity index (χ2n) is 5.46. The third-order valence-electron chi connectivity index (χ3n) is 3.71. The summed E-state index contributed by atoms with van der Waals surface area (Å²) < 4.78 is 1.20. The molecular formula is C18H16N2O2. The molecule has 0 bridgehead atoms. The summed E-state index contributed by atoms with van der Waals surface area (Å²) in [5.41, 5.74) is 8.60. The smallest absolute Gasteiger partial charge is 0.265 e. The second-order valence-corrected chi connectivity index (χ2v) is 5.46. The number of nitrogen functional groups attached to an aromatic ring is 1. The molecule has 3 rings (SSSR count). The van der Waals surface area contributed by atoms with Gasteiger partial charge in [0.05, 0.1) is 5.52 Å². The van der Waals surface area contributed by atoms with Crippen LogP contribution >= 0.6 is 0 Å². The lowest BCUT2D eigenvalue weighted by atomic mass is 10.1. The number of rotatable bonds is 1. The van der Waals surface area contributed by atoms with Crippen LogP contribution in [0.1, 0.15) is 21.5 Å². The second kappa shape index (κ2) is 5.15. The Hall–Kier alpha value is -2.88. The number of nitrogens with zero attached hydrogens (tertiary/aromatic N) is 1. The van der Waals surface area contributed by atoms with Gasteiger partial charge in [0.25, 0.3) is 11.5 Å². The Labute approximate surface area is 127 Å². The molecule has 0 fully saturated rings. The Morgan fingerprint density at radius 1 is 1.00 bits per heavy atom. The van der Waals surface area contributed by atoms with Gasteiger partial charge in [0, 0.05) is 16.8 Å². The lowest BCUT2D eigenvalue weighted by Crippen LogP contribution is -2.29. The zero-order valence-corrected chi connectivity index (χ0v) is 12.5. The molecule has 3 aromatic rings. The summed E-state index contributed by atoms with van der Waals surface area (Å²) in [6, 6.07) is 14.2. The van der Waals surface area contributed by atoms with E-state index in [1.54, 1.807) is 37.3 Å². The summed E-state index contributed by atoms with van der Waals surface area (Å²) in [6.07, 6.45) is 0. The van der Waals surface area contributed by atoms with Crippen molar-refractivity contribution in [1.29, 1.82) is 0 Å². The number of carbonyl (C=O) groups excluding carboxylic acids is 1. The zero-order valence-electron chi connectivity index (χ0n) is 12.5. The maximum Gasteiger partial charge on any atom is 0.265 e. The molecule has 0 amide bonds. The van der Waals surface area contributed by atoms with Crippen molar-refractivity contribution < 1.29 is 4.79 Å². The van der Waals surface area contributed by atoms with E-state index in [4.69, 9.17) is 5.73 Å². The SMILES string of the molecule is Cc1ccc(C(=O)n2c(=O)c(C)cc3ccc(N)cc32)cc1. The Balaban J connectivity index is 2.31. The van der Waals surface area contributed by atoms with E-state index in [2.05, 4.69) is 0 Å². The zero-order chi connectivity index (χ0) is 15.9. The number of benzene rings is 2. The van der Waals surface area contributed by atoms with Gasteiger partial charge in [0.1, 0.15) is 0 Å². The number of anilines is 1. The summed E-state index contributed by atoms with van der Waals surface area (Å²) in [5, 5.41) is 0.812. The van der Waals surface area contributed by atoms with Gasteiger partial charge >= 0.3 is 0 Å². The van der Waals surface area contributed by atoms with Crippen molar-refractivity contribution in [3.8, 4) is 0 Å². The van der Waals surface area contributed by atoms with E-state index in [0.717, 1.165) is 10.9 Å². The molecule has 2 N–H and O–H groups in total. The van der Waals surface area contributed by atoms with Gasteiger partial charge in [-0.05, 0) is 49.6 Å². The molecule has 1 aromatic heterocycles. The van der Waals surface area contributed by atoms with Crippen molar-refractivity contribution in [3.05, 3.63) is 75.6 Å². The molecule has 0 atom stereocenters. The molecule has 110 valence electrons. The number of carbonyl (C=O) groups is 1. The standard InChI is InChI=1S/C18H16N2O2/c1-11-3-5-13(6-4-11)18(22)20-16-10-15(19)8-7-14(16)9-12(2)17(20)21/h3-10H,19H2,1-2H3. The normalized spacial score (nSPS) is 10.8. The summed E-state index contributed by atoms with van der Waals surface area (Å²) in [5.74, 6) is -0.343. The molecule has 0 aliphatic carbocycles. The van der Waals surface area contributed by atoms with Crippen LogP contribution < -0.4 is 11.3 Å². The molecule has 0 radical (unpaired) electrons. The van der Waals surface area contributed by atoms with Gasteiger partial charge in [-0.15, -0.1) is 0 Å². The van der Waals surface area contributed by atoms with Gasteiger partial charge in [-0.25, -0.2) is 4.57 Å². The minimum Gasteiger partial charge on any atom is -0.399 e. The van der Waals surface area contributed by atoms with E-state index in [9.17, 15) is 9.59 Å². The summed E-state index contributed by atoms with van der Waals surface area (Å²) in [6.45, 7) is 3.65. The maximum atomic E-state index is 12.8. The maximum absolute atomic E-state index is 12.8. The lowest BCUT2D eigenvalue weighted by molar-refractivity contribution is 0.0961. The van der Waals surface area contributed by atoms with Gasteiger partial charge in [-0.1, -0.05) is 23.8 Å². The first-order valence-corrected chi connectivity index (χ1v) is 7.00. The average Bonchev–Trinajstić information content (AvgIpc) is 2.49. The van der Waals surface area contributed by atoms with Gasteiger partial charge in [0.15, 0.2) is 0 Å². The molecule has 0 spiro atoms. The van der Waals surface area contributed by atoms with Crippen LogP contribution in [0.25, 0.3) is 10.9 Å². The fraction of sp³-hybridized carbons (Fsp3) is 0.111. The average molecular weight is 292 g/mol. The van der Waals surface area contributed by atoms with Gasteiger partial charge in [-0.2, -0.15) is 0 Å². The highest BCUT2D eigenvalue weighted by molar-refractivity contribution is 6.02. The van der Waals surface area contributed by atoms with Crippen molar-refractivity contribution in [2.24, 2.45) is 0 Å². The van der Waals surface area contributed by atoms with Gasteiger partial charge in [0.2, 0.25) is 0 Å². The van der Waals surface area contributed by atoms with E-state index in [0.29, 0.717) is 22.3 Å². The minimum atomic E-state index is -0.343. The fourth-order valence-corrected chi connectivity index (χ4v) is 2.48. The molecule has 2 aromatic carbocycles. The quantitative estimate of drug-likeness (QED) is 0.701. The Kier molecular flexibility index (Phi) is 3.29. The van der Waals surface area contributed by atoms with Crippen LogP contribution in [0, 0.1) is 13.8 Å². The molecule has 0 aliphatic rings. The van der Waals surface area contributed by atoms with Crippen molar-refractivity contribution in [2.45, 2.75) is 13.8 Å². The number of fused-ring (bicyclic) bond motifs is 1. The van der Waals surface area contributed by atoms with E-state index in [1.165, 1.54) is 4.57 Å². The predicted octanol–water partition coefficient (Wildman–Crippen LogP) is 2.89. The van der Waals surface area contributed by atoms with E-state index < -0.39 is 0 Å². The Morgan fingerprint density at radius 2 is 1.68 bits per heavy atom. The number of pyridine rings is 1. The van der Waals surface area contributed by atoms with E-state index >= 15 is 0 Å². The molecule has 1 heterocycles. The Bertz CT molecular complexity index is 938. The summed E-state index contributed by atoms with van der Waals surface area (Å²) in [7, 11) is 0. The third-order valence-corrected chi connectivity index (χ3v) is 3.71. The van der Waals surface area contributed by atoms with E-state index in [1.807, 2.05) is 25.1 Å². The first kappa shape index (κ1) is 14.1. The number of nitrogens with two attached hydrogens (primary N) is 1. The Morgan fingerprint density at radius 3 is 2.36 bits per heavy atom. The molecule has 0 saturated carbocycles. The number of hydrogen-bond donors (Lipinski definition) is 1. The molecule has 4 nitrogen and oxygen atoms in total. The highest BCUT2D eigenvalue weighted by Crippen LogP contribution is 2.18. The summed E-state index contributed by atoms with van der Waals surface area (Å²) in [4.78, 5) is 25.3.